The Bertz CT molecular complexity index is 574. The molecule has 0 aliphatic rings. The number of rotatable bonds is 3. The number of ether oxygens (including phenoxy) is 1. The molecule has 1 aromatic carbocycles. The fraction of sp³-hybridized carbons (Fsp3) is 0. The van der Waals surface area contributed by atoms with E-state index in [0.717, 1.165) is 0 Å². The molecular weight excluding hydrogens is 217 g/mol. The molecule has 1 heterocycles. The molecule has 0 aliphatic heterocycles. The molecule has 0 saturated heterocycles. The van der Waals surface area contributed by atoms with Crippen molar-refractivity contribution in [3.63, 3.8) is 0 Å². The molecule has 0 radical (unpaired) electrons. The summed E-state index contributed by atoms with van der Waals surface area (Å²) in [6, 6.07) is 11.2. The van der Waals surface area contributed by atoms with Gasteiger partial charge in [-0.15, -0.1) is 5.73 Å². The van der Waals surface area contributed by atoms with Crippen LogP contribution in [0.4, 0.5) is 4.39 Å². The van der Waals surface area contributed by atoms with E-state index in [1.807, 2.05) is 0 Å². The molecule has 2 nitrogen and oxygen atoms in total. The van der Waals surface area contributed by atoms with Gasteiger partial charge in [0.05, 0.1) is 5.69 Å². The van der Waals surface area contributed by atoms with Crippen molar-refractivity contribution >= 4 is 6.08 Å². The first-order valence-corrected chi connectivity index (χ1v) is 5.04. The van der Waals surface area contributed by atoms with Gasteiger partial charge >= 0.3 is 0 Å². The Morgan fingerprint density at radius 2 is 2.06 bits per heavy atom. The van der Waals surface area contributed by atoms with E-state index in [-0.39, 0.29) is 5.82 Å². The first-order valence-electron chi connectivity index (χ1n) is 5.04. The quantitative estimate of drug-likeness (QED) is 0.744. The minimum absolute atomic E-state index is 0.343. The van der Waals surface area contributed by atoms with Gasteiger partial charge in [0.25, 0.3) is 0 Å². The molecular formula is C14H10FNO. The molecule has 84 valence electrons. The summed E-state index contributed by atoms with van der Waals surface area (Å²) in [6.45, 7) is 3.47. The number of hydrogen-bond donors (Lipinski definition) is 0. The van der Waals surface area contributed by atoms with Crippen LogP contribution in [0.1, 0.15) is 5.69 Å². The standard InChI is InChI=1S/C14H10FNO/c1-2-5-12-7-4-9-14(16-12)17-13-8-3-6-11(15)10-13/h3-10H,1H2. The van der Waals surface area contributed by atoms with Crippen LogP contribution in [0.25, 0.3) is 6.08 Å². The van der Waals surface area contributed by atoms with E-state index in [4.69, 9.17) is 4.74 Å². The smallest absolute Gasteiger partial charge is 0.219 e. The van der Waals surface area contributed by atoms with Crippen LogP contribution >= 0.6 is 0 Å². The summed E-state index contributed by atoms with van der Waals surface area (Å²) >= 11 is 0. The van der Waals surface area contributed by atoms with Crippen LogP contribution in [-0.4, -0.2) is 4.98 Å². The Kier molecular flexibility index (Phi) is 3.34. The Labute approximate surface area is 98.7 Å². The van der Waals surface area contributed by atoms with Gasteiger partial charge in [0.1, 0.15) is 11.6 Å². The van der Waals surface area contributed by atoms with Crippen LogP contribution in [0.5, 0.6) is 11.6 Å². The number of benzene rings is 1. The van der Waals surface area contributed by atoms with Crippen LogP contribution in [0.2, 0.25) is 0 Å². The average molecular weight is 227 g/mol. The molecule has 0 saturated carbocycles. The highest BCUT2D eigenvalue weighted by Crippen LogP contribution is 2.20. The third-order valence-corrected chi connectivity index (χ3v) is 2.01. The van der Waals surface area contributed by atoms with Gasteiger partial charge in [0.2, 0.25) is 5.88 Å². The maximum Gasteiger partial charge on any atom is 0.219 e. The molecule has 17 heavy (non-hydrogen) atoms. The van der Waals surface area contributed by atoms with Crippen LogP contribution in [0.15, 0.2) is 54.8 Å². The van der Waals surface area contributed by atoms with E-state index in [0.29, 0.717) is 17.3 Å². The maximum absolute atomic E-state index is 12.9. The van der Waals surface area contributed by atoms with Crippen molar-refractivity contribution in [1.82, 2.24) is 4.98 Å². The topological polar surface area (TPSA) is 22.1 Å². The summed E-state index contributed by atoms with van der Waals surface area (Å²) in [5, 5.41) is 0. The highest BCUT2D eigenvalue weighted by molar-refractivity contribution is 5.44. The van der Waals surface area contributed by atoms with Crippen molar-refractivity contribution in [2.75, 3.05) is 0 Å². The first kappa shape index (κ1) is 11.1. The molecule has 1 aromatic heterocycles. The number of pyridine rings is 1. The first-order chi connectivity index (χ1) is 8.28. The van der Waals surface area contributed by atoms with Gasteiger partial charge in [-0.2, -0.15) is 0 Å². The zero-order chi connectivity index (χ0) is 12.1. The number of nitrogens with zero attached hydrogens (tertiary/aromatic N) is 1. The monoisotopic (exact) mass is 227 g/mol. The lowest BCUT2D eigenvalue weighted by Gasteiger charge is -2.04. The summed E-state index contributed by atoms with van der Waals surface area (Å²) in [5.74, 6) is 0.474. The Hall–Kier alpha value is -2.38. The lowest BCUT2D eigenvalue weighted by atomic mass is 10.3. The summed E-state index contributed by atoms with van der Waals surface area (Å²) in [5.41, 5.74) is 3.32. The SMILES string of the molecule is C=C=Cc1cccc(Oc2cccc(F)c2)n1. The molecule has 0 aliphatic carbocycles. The van der Waals surface area contributed by atoms with Gasteiger partial charge in [0.15, 0.2) is 0 Å². The van der Waals surface area contributed by atoms with Gasteiger partial charge in [0, 0.05) is 18.2 Å². The molecule has 0 atom stereocenters. The maximum atomic E-state index is 12.9. The van der Waals surface area contributed by atoms with Gasteiger partial charge in [-0.05, 0) is 18.2 Å². The van der Waals surface area contributed by atoms with Crippen molar-refractivity contribution in [3.05, 3.63) is 66.3 Å². The minimum Gasteiger partial charge on any atom is -0.439 e. The highest BCUT2D eigenvalue weighted by atomic mass is 19.1. The number of halogens is 1. The molecule has 3 heteroatoms. The van der Waals surface area contributed by atoms with Gasteiger partial charge in [-0.3, -0.25) is 0 Å². The van der Waals surface area contributed by atoms with Crippen LogP contribution in [0.3, 0.4) is 0 Å². The Morgan fingerprint density at radius 1 is 1.24 bits per heavy atom. The van der Waals surface area contributed by atoms with Crippen LogP contribution < -0.4 is 4.74 Å². The van der Waals surface area contributed by atoms with E-state index < -0.39 is 0 Å². The normalized spacial score (nSPS) is 9.47. The summed E-state index contributed by atoms with van der Waals surface area (Å²) in [6.07, 6.45) is 1.64. The van der Waals surface area contributed by atoms with Gasteiger partial charge < -0.3 is 4.74 Å². The van der Waals surface area contributed by atoms with E-state index in [9.17, 15) is 4.39 Å². The van der Waals surface area contributed by atoms with Crippen LogP contribution in [-0.2, 0) is 0 Å². The number of hydrogen-bond acceptors (Lipinski definition) is 2. The van der Waals surface area contributed by atoms with E-state index in [1.165, 1.54) is 12.1 Å². The van der Waals surface area contributed by atoms with Crippen molar-refractivity contribution in [2.45, 2.75) is 0 Å². The summed E-state index contributed by atoms with van der Waals surface area (Å²) in [7, 11) is 0. The molecule has 0 amide bonds. The zero-order valence-electron chi connectivity index (χ0n) is 9.06. The van der Waals surface area contributed by atoms with Gasteiger partial charge in [-0.25, -0.2) is 9.37 Å². The van der Waals surface area contributed by atoms with Crippen molar-refractivity contribution in [1.29, 1.82) is 0 Å². The van der Waals surface area contributed by atoms with E-state index in [2.05, 4.69) is 17.3 Å². The van der Waals surface area contributed by atoms with Crippen LogP contribution in [0, 0.1) is 5.82 Å². The highest BCUT2D eigenvalue weighted by Gasteiger charge is 2.00. The fourth-order valence-corrected chi connectivity index (χ4v) is 1.32. The van der Waals surface area contributed by atoms with Crippen molar-refractivity contribution < 1.29 is 9.13 Å². The number of aromatic nitrogens is 1. The molecule has 0 N–H and O–H groups in total. The molecule has 2 rings (SSSR count). The van der Waals surface area contributed by atoms with Crippen molar-refractivity contribution in [3.8, 4) is 11.6 Å². The van der Waals surface area contributed by atoms with E-state index >= 15 is 0 Å². The lowest BCUT2D eigenvalue weighted by molar-refractivity contribution is 0.458. The predicted molar refractivity (Wildman–Crippen MR) is 64.3 cm³/mol. The zero-order valence-corrected chi connectivity index (χ0v) is 9.06. The third-order valence-electron chi connectivity index (χ3n) is 2.01. The van der Waals surface area contributed by atoms with Crippen molar-refractivity contribution in [2.24, 2.45) is 0 Å². The molecule has 0 fully saturated rings. The molecule has 0 spiro atoms. The van der Waals surface area contributed by atoms with Gasteiger partial charge in [-0.1, -0.05) is 18.7 Å². The third kappa shape index (κ3) is 3.03. The largest absolute Gasteiger partial charge is 0.439 e. The summed E-state index contributed by atoms with van der Waals surface area (Å²) in [4.78, 5) is 4.18. The Morgan fingerprint density at radius 3 is 2.82 bits per heavy atom. The predicted octanol–water partition coefficient (Wildman–Crippen LogP) is 3.81. The second-order valence-corrected chi connectivity index (χ2v) is 3.31. The molecule has 0 bridgehead atoms. The average Bonchev–Trinajstić information content (AvgIpc) is 2.30. The second kappa shape index (κ2) is 5.10. The summed E-state index contributed by atoms with van der Waals surface area (Å²) < 4.78 is 18.4. The fourth-order valence-electron chi connectivity index (χ4n) is 1.32. The van der Waals surface area contributed by atoms with E-state index in [1.54, 1.807) is 36.4 Å². The molecule has 0 unspecified atom stereocenters. The molecule has 2 aromatic rings. The Balaban J connectivity index is 2.24. The lowest BCUT2D eigenvalue weighted by Crippen LogP contribution is -1.89. The second-order valence-electron chi connectivity index (χ2n) is 3.31. The minimum atomic E-state index is -0.343.